The molecule has 4 nitrogen and oxygen atoms in total. The maximum absolute atomic E-state index is 11.7. The molecule has 0 unspecified atom stereocenters. The first kappa shape index (κ1) is 22.9. The van der Waals surface area contributed by atoms with Crippen molar-refractivity contribution in [3.8, 4) is 0 Å². The lowest BCUT2D eigenvalue weighted by Gasteiger charge is -2.32. The predicted molar refractivity (Wildman–Crippen MR) is 116 cm³/mol. The molecule has 2 rings (SSSR count). The maximum atomic E-state index is 11.7. The summed E-state index contributed by atoms with van der Waals surface area (Å²) in [5.41, 5.74) is 2.20. The van der Waals surface area contributed by atoms with Crippen LogP contribution in [0.3, 0.4) is 0 Å². The minimum absolute atomic E-state index is 0.0285. The van der Waals surface area contributed by atoms with Crippen molar-refractivity contribution >= 4 is 12.0 Å². The number of esters is 1. The van der Waals surface area contributed by atoms with Gasteiger partial charge in [0.1, 0.15) is 6.10 Å². The minimum Gasteiger partial charge on any atom is -0.458 e. The van der Waals surface area contributed by atoms with E-state index in [-0.39, 0.29) is 30.0 Å². The third-order valence-electron chi connectivity index (χ3n) is 4.94. The van der Waals surface area contributed by atoms with Crippen LogP contribution >= 0.6 is 0 Å². The van der Waals surface area contributed by atoms with Crippen molar-refractivity contribution in [1.82, 2.24) is 0 Å². The third kappa shape index (κ3) is 7.84. The molecule has 4 atom stereocenters. The fraction of sp³-hybridized carbons (Fsp3) is 0.400. The number of rotatable bonds is 11. The van der Waals surface area contributed by atoms with Gasteiger partial charge in [0, 0.05) is 25.9 Å². The molecular weight excluding hydrogens is 364 g/mol. The fourth-order valence-electron chi connectivity index (χ4n) is 3.47. The van der Waals surface area contributed by atoms with Crippen LogP contribution in [-0.4, -0.2) is 31.9 Å². The molecule has 0 aliphatic rings. The molecule has 0 radical (unpaired) electrons. The predicted octanol–water partition coefficient (Wildman–Crippen LogP) is 5.14. The van der Waals surface area contributed by atoms with E-state index in [4.69, 9.17) is 14.2 Å². The minimum atomic E-state index is -0.380. The normalized spacial score (nSPS) is 15.6. The first-order valence-electron chi connectivity index (χ1n) is 10.1. The van der Waals surface area contributed by atoms with Crippen LogP contribution in [0.1, 0.15) is 31.9 Å². The van der Waals surface area contributed by atoms with Gasteiger partial charge < -0.3 is 14.2 Å². The number of ether oxygens (including phenoxy) is 3. The zero-order valence-corrected chi connectivity index (χ0v) is 17.8. The van der Waals surface area contributed by atoms with Crippen molar-refractivity contribution < 1.29 is 19.0 Å². The zero-order chi connectivity index (χ0) is 21.1. The van der Waals surface area contributed by atoms with Crippen LogP contribution in [0.5, 0.6) is 0 Å². The molecule has 156 valence electrons. The van der Waals surface area contributed by atoms with Gasteiger partial charge in [-0.05, 0) is 17.2 Å². The van der Waals surface area contributed by atoms with Crippen molar-refractivity contribution in [2.24, 2.45) is 11.8 Å². The van der Waals surface area contributed by atoms with Crippen LogP contribution in [0, 0.1) is 11.8 Å². The van der Waals surface area contributed by atoms with Gasteiger partial charge in [0.15, 0.2) is 0 Å². The summed E-state index contributed by atoms with van der Waals surface area (Å²) in [5.74, 6) is -0.191. The highest BCUT2D eigenvalue weighted by atomic mass is 16.5. The lowest BCUT2D eigenvalue weighted by atomic mass is 9.89. The van der Waals surface area contributed by atoms with E-state index in [1.807, 2.05) is 79.7 Å². The first-order chi connectivity index (χ1) is 14.0. The highest BCUT2D eigenvalue weighted by Crippen LogP contribution is 2.24. The number of methoxy groups -OCH3 is 1. The molecule has 0 fully saturated rings. The Balaban J connectivity index is 2.00. The summed E-state index contributed by atoms with van der Waals surface area (Å²) < 4.78 is 17.3. The second kappa shape index (κ2) is 12.2. The summed E-state index contributed by atoms with van der Waals surface area (Å²) in [5, 5.41) is 0. The van der Waals surface area contributed by atoms with Gasteiger partial charge in [-0.25, -0.2) is 0 Å². The van der Waals surface area contributed by atoms with Gasteiger partial charge in [-0.1, -0.05) is 80.6 Å². The quantitative estimate of drug-likeness (QED) is 0.494. The molecular formula is C25H32O4. The highest BCUT2D eigenvalue weighted by Gasteiger charge is 2.30. The van der Waals surface area contributed by atoms with E-state index in [1.165, 1.54) is 6.92 Å². The van der Waals surface area contributed by atoms with Gasteiger partial charge in [0.2, 0.25) is 0 Å². The molecule has 0 N–H and O–H groups in total. The molecule has 2 aromatic carbocycles. The molecule has 0 amide bonds. The second-order valence-corrected chi connectivity index (χ2v) is 7.38. The van der Waals surface area contributed by atoms with E-state index in [2.05, 4.69) is 6.92 Å². The Bertz CT molecular complexity index is 742. The average molecular weight is 397 g/mol. The Hall–Kier alpha value is -2.43. The summed E-state index contributed by atoms with van der Waals surface area (Å²) in [4.78, 5) is 11.7. The molecule has 0 heterocycles. The van der Waals surface area contributed by atoms with E-state index >= 15 is 0 Å². The summed E-state index contributed by atoms with van der Waals surface area (Å²) in [6, 6.07) is 20.1. The van der Waals surface area contributed by atoms with Gasteiger partial charge in [-0.3, -0.25) is 4.79 Å². The summed E-state index contributed by atoms with van der Waals surface area (Å²) in [6.45, 7) is 6.71. The number of hydrogen-bond donors (Lipinski definition) is 0. The standard InChI is InChI=1S/C25H32O4/c1-19(17-28-18-23-13-9-6-10-14-23)25(27-4)20(2)24(29-21(3)26)16-15-22-11-7-5-8-12-22/h5-16,19-20,24-25H,17-18H2,1-4H3/b16-15+/t19-,20+,24-,25-/m0/s1. The Morgan fingerprint density at radius 3 is 2.21 bits per heavy atom. The maximum Gasteiger partial charge on any atom is 0.303 e. The molecule has 0 saturated heterocycles. The van der Waals surface area contributed by atoms with Crippen LogP contribution in [-0.2, 0) is 25.6 Å². The lowest BCUT2D eigenvalue weighted by Crippen LogP contribution is -2.38. The van der Waals surface area contributed by atoms with E-state index < -0.39 is 0 Å². The van der Waals surface area contributed by atoms with E-state index in [0.717, 1.165) is 11.1 Å². The van der Waals surface area contributed by atoms with Gasteiger partial charge in [0.05, 0.1) is 19.3 Å². The van der Waals surface area contributed by atoms with Crippen molar-refractivity contribution in [2.45, 2.75) is 39.6 Å². The third-order valence-corrected chi connectivity index (χ3v) is 4.94. The van der Waals surface area contributed by atoms with Crippen molar-refractivity contribution in [3.05, 3.63) is 77.9 Å². The second-order valence-electron chi connectivity index (χ2n) is 7.38. The van der Waals surface area contributed by atoms with Crippen molar-refractivity contribution in [3.63, 3.8) is 0 Å². The van der Waals surface area contributed by atoms with E-state index in [9.17, 15) is 4.79 Å². The topological polar surface area (TPSA) is 44.8 Å². The molecule has 0 bridgehead atoms. The molecule has 29 heavy (non-hydrogen) atoms. The van der Waals surface area contributed by atoms with Crippen LogP contribution in [0.2, 0.25) is 0 Å². The Morgan fingerprint density at radius 2 is 1.62 bits per heavy atom. The van der Waals surface area contributed by atoms with Crippen molar-refractivity contribution in [1.29, 1.82) is 0 Å². The zero-order valence-electron chi connectivity index (χ0n) is 17.8. The molecule has 2 aromatic rings. The van der Waals surface area contributed by atoms with Crippen LogP contribution in [0.4, 0.5) is 0 Å². The fourth-order valence-corrected chi connectivity index (χ4v) is 3.47. The van der Waals surface area contributed by atoms with Gasteiger partial charge in [-0.2, -0.15) is 0 Å². The van der Waals surface area contributed by atoms with Crippen LogP contribution in [0.25, 0.3) is 6.08 Å². The average Bonchev–Trinajstić information content (AvgIpc) is 2.73. The molecule has 0 aromatic heterocycles. The van der Waals surface area contributed by atoms with Gasteiger partial charge in [-0.15, -0.1) is 0 Å². The molecule has 0 saturated carbocycles. The SMILES string of the molecule is CO[C@H]([C@H](C)[C@H](/C=C/c1ccccc1)OC(C)=O)[C@@H](C)COCc1ccccc1. The van der Waals surface area contributed by atoms with Crippen LogP contribution in [0.15, 0.2) is 66.7 Å². The highest BCUT2D eigenvalue weighted by molar-refractivity contribution is 5.66. The van der Waals surface area contributed by atoms with E-state index in [1.54, 1.807) is 7.11 Å². The van der Waals surface area contributed by atoms with E-state index in [0.29, 0.717) is 13.2 Å². The summed E-state index contributed by atoms with van der Waals surface area (Å²) in [6.07, 6.45) is 3.42. The van der Waals surface area contributed by atoms with Crippen LogP contribution < -0.4 is 0 Å². The number of carbonyl (C=O) groups excluding carboxylic acids is 1. The van der Waals surface area contributed by atoms with Crippen molar-refractivity contribution in [2.75, 3.05) is 13.7 Å². The Morgan fingerprint density at radius 1 is 1.00 bits per heavy atom. The molecule has 0 aliphatic heterocycles. The van der Waals surface area contributed by atoms with Gasteiger partial charge >= 0.3 is 5.97 Å². The lowest BCUT2D eigenvalue weighted by molar-refractivity contribution is -0.149. The number of hydrogen-bond acceptors (Lipinski definition) is 4. The smallest absolute Gasteiger partial charge is 0.303 e. The largest absolute Gasteiger partial charge is 0.458 e. The summed E-state index contributed by atoms with van der Waals surface area (Å²) in [7, 11) is 1.70. The molecule has 0 aliphatic carbocycles. The van der Waals surface area contributed by atoms with Gasteiger partial charge in [0.25, 0.3) is 0 Å². The molecule has 4 heteroatoms. The number of benzene rings is 2. The number of carbonyl (C=O) groups is 1. The summed E-state index contributed by atoms with van der Waals surface area (Å²) >= 11 is 0. The monoisotopic (exact) mass is 396 g/mol. The molecule has 0 spiro atoms. The first-order valence-corrected chi connectivity index (χ1v) is 10.1. The Kier molecular flexibility index (Phi) is 9.62. The Labute approximate surface area is 174 Å².